The Bertz CT molecular complexity index is 922. The first-order valence-electron chi connectivity index (χ1n) is 8.44. The largest absolute Gasteiger partial charge is 0.452 e. The van der Waals surface area contributed by atoms with E-state index in [1.54, 1.807) is 35.1 Å². The molecule has 0 unspecified atom stereocenters. The van der Waals surface area contributed by atoms with Crippen LogP contribution < -0.4 is 10.6 Å². The number of esters is 1. The van der Waals surface area contributed by atoms with Gasteiger partial charge in [-0.25, -0.2) is 9.59 Å². The molecular weight excluding hydrogens is 380 g/mol. The van der Waals surface area contributed by atoms with Crippen LogP contribution in [0.25, 0.3) is 0 Å². The molecule has 2 N–H and O–H groups in total. The lowest BCUT2D eigenvalue weighted by molar-refractivity contribution is -0.123. The predicted octanol–water partition coefficient (Wildman–Crippen LogP) is 2.18. The zero-order valence-corrected chi connectivity index (χ0v) is 15.6. The summed E-state index contributed by atoms with van der Waals surface area (Å²) in [6, 6.07) is 11.7. The van der Waals surface area contributed by atoms with Crippen molar-refractivity contribution < 1.29 is 19.1 Å². The van der Waals surface area contributed by atoms with E-state index in [4.69, 9.17) is 4.74 Å². The highest BCUT2D eigenvalue weighted by molar-refractivity contribution is 7.09. The number of imide groups is 1. The second-order valence-corrected chi connectivity index (χ2v) is 6.82. The lowest BCUT2D eigenvalue weighted by Gasteiger charge is -2.07. The van der Waals surface area contributed by atoms with Crippen LogP contribution in [0, 0.1) is 0 Å². The van der Waals surface area contributed by atoms with Crippen LogP contribution in [0.15, 0.2) is 60.2 Å². The Kier molecular flexibility index (Phi) is 6.53. The van der Waals surface area contributed by atoms with Gasteiger partial charge < -0.3 is 10.1 Å². The molecule has 0 atom stereocenters. The van der Waals surface area contributed by atoms with Crippen LogP contribution in [0.4, 0.5) is 4.79 Å². The van der Waals surface area contributed by atoms with Gasteiger partial charge in [0.25, 0.3) is 5.91 Å². The number of nitrogens with one attached hydrogen (secondary N) is 2. The summed E-state index contributed by atoms with van der Waals surface area (Å²) in [5.74, 6) is -1.34. The van der Waals surface area contributed by atoms with E-state index in [0.29, 0.717) is 18.7 Å². The highest BCUT2D eigenvalue weighted by atomic mass is 32.1. The monoisotopic (exact) mass is 398 g/mol. The van der Waals surface area contributed by atoms with Crippen LogP contribution in [-0.4, -0.2) is 34.3 Å². The number of nitrogens with zero attached hydrogens (tertiary/aromatic N) is 2. The van der Waals surface area contributed by atoms with E-state index in [-0.39, 0.29) is 0 Å². The summed E-state index contributed by atoms with van der Waals surface area (Å²) >= 11 is 1.50. The first kappa shape index (κ1) is 19.3. The number of urea groups is 1. The van der Waals surface area contributed by atoms with Gasteiger partial charge in [0, 0.05) is 17.3 Å². The normalized spacial score (nSPS) is 10.3. The Morgan fingerprint density at radius 2 is 1.93 bits per heavy atom. The fourth-order valence-corrected chi connectivity index (χ4v) is 2.97. The molecule has 3 amide bonds. The summed E-state index contributed by atoms with van der Waals surface area (Å²) in [6.07, 6.45) is 3.54. The fraction of sp³-hybridized carbons (Fsp3) is 0.158. The maximum atomic E-state index is 12.0. The van der Waals surface area contributed by atoms with Gasteiger partial charge in [-0.2, -0.15) is 5.10 Å². The zero-order valence-electron chi connectivity index (χ0n) is 14.8. The van der Waals surface area contributed by atoms with Crippen molar-refractivity contribution in [2.75, 3.05) is 6.61 Å². The summed E-state index contributed by atoms with van der Waals surface area (Å²) in [4.78, 5) is 36.4. The zero-order chi connectivity index (χ0) is 19.8. The minimum Gasteiger partial charge on any atom is -0.452 e. The molecule has 0 bridgehead atoms. The number of benzene rings is 1. The van der Waals surface area contributed by atoms with E-state index in [2.05, 4.69) is 15.7 Å². The molecular formula is C19H18N4O4S. The summed E-state index contributed by atoms with van der Waals surface area (Å²) in [5, 5.41) is 10.7. The van der Waals surface area contributed by atoms with Gasteiger partial charge in [0.15, 0.2) is 6.61 Å². The van der Waals surface area contributed by atoms with Crippen LogP contribution in [0.1, 0.15) is 20.8 Å². The predicted molar refractivity (Wildman–Crippen MR) is 103 cm³/mol. The third-order valence-electron chi connectivity index (χ3n) is 3.68. The molecule has 9 heteroatoms. The lowest BCUT2D eigenvalue weighted by atomic mass is 10.1. The van der Waals surface area contributed by atoms with Crippen molar-refractivity contribution in [3.63, 3.8) is 0 Å². The summed E-state index contributed by atoms with van der Waals surface area (Å²) in [7, 11) is 0. The molecule has 144 valence electrons. The number of hydrogen-bond donors (Lipinski definition) is 2. The highest BCUT2D eigenvalue weighted by Gasteiger charge is 2.12. The smallest absolute Gasteiger partial charge is 0.338 e. The molecule has 0 aliphatic rings. The van der Waals surface area contributed by atoms with Crippen molar-refractivity contribution >= 4 is 29.2 Å². The van der Waals surface area contributed by atoms with Gasteiger partial charge in [-0.1, -0.05) is 18.2 Å². The Morgan fingerprint density at radius 1 is 1.11 bits per heavy atom. The van der Waals surface area contributed by atoms with Crippen LogP contribution in [0.5, 0.6) is 0 Å². The molecule has 0 spiro atoms. The summed E-state index contributed by atoms with van der Waals surface area (Å²) in [6.45, 7) is 0.368. The molecule has 8 nitrogen and oxygen atoms in total. The van der Waals surface area contributed by atoms with Gasteiger partial charge in [-0.05, 0) is 35.2 Å². The maximum Gasteiger partial charge on any atom is 0.338 e. The second-order valence-electron chi connectivity index (χ2n) is 5.79. The van der Waals surface area contributed by atoms with Crippen LogP contribution in [0.2, 0.25) is 0 Å². The molecule has 3 aromatic rings. The Morgan fingerprint density at radius 3 is 2.61 bits per heavy atom. The minimum absolute atomic E-state index is 0.319. The van der Waals surface area contributed by atoms with E-state index < -0.39 is 24.5 Å². The Labute approximate surface area is 165 Å². The van der Waals surface area contributed by atoms with Crippen molar-refractivity contribution in [1.29, 1.82) is 0 Å². The molecule has 0 radical (unpaired) electrons. The van der Waals surface area contributed by atoms with Gasteiger partial charge in [-0.3, -0.25) is 14.8 Å². The number of carbonyl (C=O) groups excluding carboxylic acids is 3. The van der Waals surface area contributed by atoms with Gasteiger partial charge in [0.1, 0.15) is 0 Å². The lowest BCUT2D eigenvalue weighted by Crippen LogP contribution is -2.41. The van der Waals surface area contributed by atoms with E-state index in [0.717, 1.165) is 10.4 Å². The standard InChI is InChI=1S/C19H18N4O4S/c24-17(22-19(26)20-11-16-3-1-10-28-16)13-27-18(25)15-6-4-14(5-7-15)12-23-9-2-8-21-23/h1-10H,11-13H2,(H2,20,22,24,26). The van der Waals surface area contributed by atoms with Gasteiger partial charge in [0.05, 0.1) is 18.7 Å². The number of rotatable bonds is 7. The molecule has 0 saturated carbocycles. The number of ether oxygens (including phenoxy) is 1. The number of amides is 3. The van der Waals surface area contributed by atoms with Crippen molar-refractivity contribution in [2.45, 2.75) is 13.1 Å². The molecule has 0 saturated heterocycles. The van der Waals surface area contributed by atoms with E-state index in [1.165, 1.54) is 11.3 Å². The number of thiophene rings is 1. The average Bonchev–Trinajstić information content (AvgIpc) is 3.39. The topological polar surface area (TPSA) is 102 Å². The first-order chi connectivity index (χ1) is 13.6. The molecule has 0 fully saturated rings. The number of hydrogen-bond acceptors (Lipinski definition) is 6. The molecule has 2 aromatic heterocycles. The maximum absolute atomic E-state index is 12.0. The van der Waals surface area contributed by atoms with Crippen molar-refractivity contribution in [2.24, 2.45) is 0 Å². The minimum atomic E-state index is -0.702. The Hall–Kier alpha value is -3.46. The van der Waals surface area contributed by atoms with Crippen molar-refractivity contribution in [1.82, 2.24) is 20.4 Å². The third-order valence-corrected chi connectivity index (χ3v) is 4.56. The number of carbonyl (C=O) groups is 3. The third kappa shape index (κ3) is 5.78. The second kappa shape index (κ2) is 9.47. The molecule has 28 heavy (non-hydrogen) atoms. The molecule has 3 rings (SSSR count). The quantitative estimate of drug-likeness (QED) is 0.594. The molecule has 1 aromatic carbocycles. The average molecular weight is 398 g/mol. The van der Waals surface area contributed by atoms with E-state index in [1.807, 2.05) is 29.8 Å². The van der Waals surface area contributed by atoms with Gasteiger partial charge >= 0.3 is 12.0 Å². The Balaban J connectivity index is 1.40. The SMILES string of the molecule is O=C(COC(=O)c1ccc(Cn2cccn2)cc1)NC(=O)NCc1cccs1. The van der Waals surface area contributed by atoms with Crippen LogP contribution >= 0.6 is 11.3 Å². The molecule has 0 aliphatic carbocycles. The summed E-state index contributed by atoms with van der Waals surface area (Å²) in [5.41, 5.74) is 1.29. The van der Waals surface area contributed by atoms with E-state index in [9.17, 15) is 14.4 Å². The summed E-state index contributed by atoms with van der Waals surface area (Å²) < 4.78 is 6.71. The van der Waals surface area contributed by atoms with Gasteiger partial charge in [-0.15, -0.1) is 11.3 Å². The molecule has 0 aliphatic heterocycles. The van der Waals surface area contributed by atoms with Crippen molar-refractivity contribution in [3.8, 4) is 0 Å². The fourth-order valence-electron chi connectivity index (χ4n) is 2.33. The van der Waals surface area contributed by atoms with E-state index >= 15 is 0 Å². The highest BCUT2D eigenvalue weighted by Crippen LogP contribution is 2.08. The van der Waals surface area contributed by atoms with Gasteiger partial charge in [0.2, 0.25) is 0 Å². The number of aromatic nitrogens is 2. The van der Waals surface area contributed by atoms with Crippen LogP contribution in [-0.2, 0) is 22.6 Å². The first-order valence-corrected chi connectivity index (χ1v) is 9.31. The van der Waals surface area contributed by atoms with Crippen molar-refractivity contribution in [3.05, 3.63) is 76.2 Å². The van der Waals surface area contributed by atoms with Crippen LogP contribution in [0.3, 0.4) is 0 Å². The molecule has 2 heterocycles.